The fourth-order valence-electron chi connectivity index (χ4n) is 1.99. The van der Waals surface area contributed by atoms with E-state index in [9.17, 15) is 36.0 Å². The molecular formula is C16H12ClF3N4O5S. The van der Waals surface area contributed by atoms with Gasteiger partial charge >= 0.3 is 12.2 Å². The molecule has 30 heavy (non-hydrogen) atoms. The number of alkyl halides is 3. The van der Waals surface area contributed by atoms with Crippen LogP contribution in [0.2, 0.25) is 5.02 Å². The molecule has 0 fully saturated rings. The Kier molecular flexibility index (Phi) is 7.00. The number of rotatable bonds is 4. The van der Waals surface area contributed by atoms with Crippen LogP contribution in [0.4, 0.5) is 18.0 Å². The SMILES string of the molecule is O=C(CS(=O)(=O)c1ccc(C(F)(F)F)cn1)NNC(=O)NC(=O)c1ccccc1Cl. The van der Waals surface area contributed by atoms with Gasteiger partial charge in [0, 0.05) is 6.20 Å². The van der Waals surface area contributed by atoms with Gasteiger partial charge in [-0.3, -0.25) is 20.3 Å². The van der Waals surface area contributed by atoms with Crippen LogP contribution in [0.15, 0.2) is 47.6 Å². The Labute approximate surface area is 172 Å². The van der Waals surface area contributed by atoms with Crippen molar-refractivity contribution < 1.29 is 36.0 Å². The van der Waals surface area contributed by atoms with Crippen molar-refractivity contribution in [1.29, 1.82) is 0 Å². The third kappa shape index (κ3) is 6.15. The molecule has 4 amide bonds. The van der Waals surface area contributed by atoms with E-state index in [-0.39, 0.29) is 10.6 Å². The average Bonchev–Trinajstić information content (AvgIpc) is 2.66. The van der Waals surface area contributed by atoms with Crippen LogP contribution in [0.25, 0.3) is 0 Å². The van der Waals surface area contributed by atoms with Crippen LogP contribution in [0, 0.1) is 0 Å². The van der Waals surface area contributed by atoms with Gasteiger partial charge in [-0.1, -0.05) is 23.7 Å². The Morgan fingerprint density at radius 2 is 1.70 bits per heavy atom. The molecule has 160 valence electrons. The highest BCUT2D eigenvalue weighted by Crippen LogP contribution is 2.28. The molecule has 2 rings (SSSR count). The highest BCUT2D eigenvalue weighted by Gasteiger charge is 2.31. The number of nitrogens with zero attached hydrogens (tertiary/aromatic N) is 1. The first-order valence-corrected chi connectivity index (χ1v) is 9.84. The van der Waals surface area contributed by atoms with Crippen molar-refractivity contribution >= 4 is 39.3 Å². The largest absolute Gasteiger partial charge is 0.417 e. The number of nitrogens with one attached hydrogen (secondary N) is 3. The maximum atomic E-state index is 12.5. The predicted molar refractivity (Wildman–Crippen MR) is 96.9 cm³/mol. The van der Waals surface area contributed by atoms with Gasteiger partial charge in [-0.2, -0.15) is 13.2 Å². The Balaban J connectivity index is 1.91. The van der Waals surface area contributed by atoms with Crippen LogP contribution in [-0.2, 0) is 20.8 Å². The number of halogens is 4. The molecule has 0 aliphatic carbocycles. The zero-order valence-electron chi connectivity index (χ0n) is 14.7. The second-order valence-corrected chi connectivity index (χ2v) is 7.92. The Bertz CT molecular complexity index is 1080. The summed E-state index contributed by atoms with van der Waals surface area (Å²) in [6.07, 6.45) is -4.39. The van der Waals surface area contributed by atoms with Crippen LogP contribution < -0.4 is 16.2 Å². The Hall–Kier alpha value is -3.19. The summed E-state index contributed by atoms with van der Waals surface area (Å²) in [5.74, 6) is -3.32. The van der Waals surface area contributed by atoms with Gasteiger partial charge < -0.3 is 0 Å². The second kappa shape index (κ2) is 9.09. The Morgan fingerprint density at radius 3 is 2.27 bits per heavy atom. The molecule has 0 unspecified atom stereocenters. The number of sulfone groups is 1. The monoisotopic (exact) mass is 464 g/mol. The number of amides is 4. The van der Waals surface area contributed by atoms with Crippen LogP contribution in [0.1, 0.15) is 15.9 Å². The lowest BCUT2D eigenvalue weighted by molar-refractivity contribution is -0.137. The predicted octanol–water partition coefficient (Wildman–Crippen LogP) is 1.70. The molecule has 0 aliphatic heterocycles. The number of hydrazine groups is 1. The van der Waals surface area contributed by atoms with Crippen LogP contribution in [0.5, 0.6) is 0 Å². The lowest BCUT2D eigenvalue weighted by Crippen LogP contribution is -2.50. The van der Waals surface area contributed by atoms with E-state index in [0.29, 0.717) is 18.3 Å². The van der Waals surface area contributed by atoms with Crippen molar-refractivity contribution in [3.05, 3.63) is 58.7 Å². The molecule has 1 heterocycles. The van der Waals surface area contributed by atoms with Crippen LogP contribution in [0.3, 0.4) is 0 Å². The van der Waals surface area contributed by atoms with Crippen molar-refractivity contribution in [2.24, 2.45) is 0 Å². The number of hydrogen-bond acceptors (Lipinski definition) is 6. The van der Waals surface area contributed by atoms with Crippen molar-refractivity contribution in [3.63, 3.8) is 0 Å². The second-order valence-electron chi connectivity index (χ2n) is 5.58. The summed E-state index contributed by atoms with van der Waals surface area (Å²) < 4.78 is 61.6. The van der Waals surface area contributed by atoms with E-state index in [1.165, 1.54) is 18.2 Å². The summed E-state index contributed by atoms with van der Waals surface area (Å²) in [6.45, 7) is 0. The van der Waals surface area contributed by atoms with Crippen LogP contribution in [-0.4, -0.2) is 37.0 Å². The average molecular weight is 465 g/mol. The molecule has 0 atom stereocenters. The smallest absolute Gasteiger partial charge is 0.273 e. The van der Waals surface area contributed by atoms with E-state index in [4.69, 9.17) is 11.6 Å². The first-order valence-electron chi connectivity index (χ1n) is 7.81. The van der Waals surface area contributed by atoms with Crippen molar-refractivity contribution in [2.45, 2.75) is 11.2 Å². The van der Waals surface area contributed by atoms with Gasteiger partial charge in [0.2, 0.25) is 9.84 Å². The van der Waals surface area contributed by atoms with Gasteiger partial charge in [-0.05, 0) is 24.3 Å². The molecule has 1 aromatic carbocycles. The van der Waals surface area contributed by atoms with E-state index in [2.05, 4.69) is 4.98 Å². The third-order valence-electron chi connectivity index (χ3n) is 3.36. The zero-order chi connectivity index (χ0) is 22.5. The molecule has 0 radical (unpaired) electrons. The number of pyridine rings is 1. The maximum Gasteiger partial charge on any atom is 0.417 e. The third-order valence-corrected chi connectivity index (χ3v) is 5.22. The Morgan fingerprint density at radius 1 is 1.03 bits per heavy atom. The number of aromatic nitrogens is 1. The lowest BCUT2D eigenvalue weighted by Gasteiger charge is -2.10. The molecule has 9 nitrogen and oxygen atoms in total. The maximum absolute atomic E-state index is 12.5. The molecule has 0 saturated heterocycles. The van der Waals surface area contributed by atoms with E-state index in [1.54, 1.807) is 16.9 Å². The van der Waals surface area contributed by atoms with Gasteiger partial charge in [-0.25, -0.2) is 23.6 Å². The minimum atomic E-state index is -4.70. The van der Waals surface area contributed by atoms with Crippen molar-refractivity contribution in [1.82, 2.24) is 21.2 Å². The molecule has 0 saturated carbocycles. The molecule has 3 N–H and O–H groups in total. The first kappa shape index (κ1) is 23.1. The highest BCUT2D eigenvalue weighted by molar-refractivity contribution is 7.92. The van der Waals surface area contributed by atoms with E-state index >= 15 is 0 Å². The van der Waals surface area contributed by atoms with Gasteiger partial charge in [0.1, 0.15) is 5.75 Å². The fraction of sp³-hybridized carbons (Fsp3) is 0.125. The van der Waals surface area contributed by atoms with Crippen LogP contribution >= 0.6 is 11.6 Å². The number of carbonyl (C=O) groups is 3. The molecule has 0 aliphatic rings. The number of hydrogen-bond donors (Lipinski definition) is 3. The van der Waals surface area contributed by atoms with E-state index in [1.807, 2.05) is 5.32 Å². The van der Waals surface area contributed by atoms with Gasteiger partial charge in [0.15, 0.2) is 5.03 Å². The summed E-state index contributed by atoms with van der Waals surface area (Å²) >= 11 is 5.80. The zero-order valence-corrected chi connectivity index (χ0v) is 16.2. The first-order chi connectivity index (χ1) is 13.9. The quantitative estimate of drug-likeness (QED) is 0.589. The molecule has 14 heteroatoms. The molecule has 2 aromatic rings. The van der Waals surface area contributed by atoms with Gasteiger partial charge in [-0.15, -0.1) is 0 Å². The molecule has 0 spiro atoms. The number of urea groups is 1. The fourth-order valence-corrected chi connectivity index (χ4v) is 3.26. The topological polar surface area (TPSA) is 134 Å². The van der Waals surface area contributed by atoms with E-state index in [0.717, 1.165) is 0 Å². The molecular weight excluding hydrogens is 453 g/mol. The summed E-state index contributed by atoms with van der Waals surface area (Å²) in [6, 6.07) is 5.74. The summed E-state index contributed by atoms with van der Waals surface area (Å²) in [4.78, 5) is 38.4. The number of carbonyl (C=O) groups excluding carboxylic acids is 3. The lowest BCUT2D eigenvalue weighted by atomic mass is 10.2. The minimum absolute atomic E-state index is 0.0170. The number of benzene rings is 1. The van der Waals surface area contributed by atoms with Crippen molar-refractivity contribution in [3.8, 4) is 0 Å². The summed E-state index contributed by atoms with van der Waals surface area (Å²) in [7, 11) is -4.39. The molecule has 0 bridgehead atoms. The normalized spacial score (nSPS) is 11.5. The summed E-state index contributed by atoms with van der Waals surface area (Å²) in [5, 5.41) is 1.16. The highest BCUT2D eigenvalue weighted by atomic mass is 35.5. The summed E-state index contributed by atoms with van der Waals surface area (Å²) in [5.41, 5.74) is 2.32. The van der Waals surface area contributed by atoms with Crippen molar-refractivity contribution in [2.75, 3.05) is 5.75 Å². The van der Waals surface area contributed by atoms with Gasteiger partial charge in [0.05, 0.1) is 16.1 Å². The number of imide groups is 1. The van der Waals surface area contributed by atoms with Gasteiger partial charge in [0.25, 0.3) is 11.8 Å². The molecule has 1 aromatic heterocycles. The standard InChI is InChI=1S/C16H12ClF3N4O5S/c17-11-4-2-1-3-10(11)14(26)22-15(27)24-23-12(25)8-30(28,29)13-6-5-9(7-21-13)16(18,19)20/h1-7H,8H2,(H,23,25)(H2,22,24,26,27). The minimum Gasteiger partial charge on any atom is -0.273 e. The van der Waals surface area contributed by atoms with E-state index < -0.39 is 50.2 Å².